The first-order chi connectivity index (χ1) is 12.7. The Balaban J connectivity index is 1.46. The summed E-state index contributed by atoms with van der Waals surface area (Å²) in [6.07, 6.45) is 0. The lowest BCUT2D eigenvalue weighted by molar-refractivity contribution is 0.0954. The standard InChI is InChI=1S/C19H20N4O2S/c1-13-10-18(23-6-8-25-9-7-23)22-17(21-13)12-20-19(24)16-11-14-4-2-3-5-15(14)26-16/h2-5,10-11H,6-9,12H2,1H3,(H,20,24). The quantitative estimate of drug-likeness (QED) is 0.767. The zero-order valence-electron chi connectivity index (χ0n) is 14.6. The van der Waals surface area contributed by atoms with Gasteiger partial charge in [0.25, 0.3) is 5.91 Å². The van der Waals surface area contributed by atoms with Gasteiger partial charge in [0.1, 0.15) is 11.6 Å². The number of anilines is 1. The summed E-state index contributed by atoms with van der Waals surface area (Å²) >= 11 is 1.49. The van der Waals surface area contributed by atoms with E-state index in [1.54, 1.807) is 0 Å². The molecule has 0 saturated carbocycles. The van der Waals surface area contributed by atoms with E-state index in [2.05, 4.69) is 20.2 Å². The number of carbonyl (C=O) groups is 1. The number of ether oxygens (including phenoxy) is 1. The van der Waals surface area contributed by atoms with Crippen LogP contribution in [0.5, 0.6) is 0 Å². The zero-order chi connectivity index (χ0) is 17.9. The molecular weight excluding hydrogens is 348 g/mol. The van der Waals surface area contributed by atoms with Crippen molar-refractivity contribution in [1.29, 1.82) is 0 Å². The number of rotatable bonds is 4. The summed E-state index contributed by atoms with van der Waals surface area (Å²) in [4.78, 5) is 24.4. The van der Waals surface area contributed by atoms with Gasteiger partial charge in [0, 0.05) is 29.5 Å². The first-order valence-corrected chi connectivity index (χ1v) is 9.45. The highest BCUT2D eigenvalue weighted by Gasteiger charge is 2.15. The Labute approximate surface area is 155 Å². The van der Waals surface area contributed by atoms with Crippen LogP contribution < -0.4 is 10.2 Å². The molecule has 1 aliphatic heterocycles. The molecule has 134 valence electrons. The molecule has 1 saturated heterocycles. The lowest BCUT2D eigenvalue weighted by Crippen LogP contribution is -2.37. The van der Waals surface area contributed by atoms with Crippen molar-refractivity contribution in [1.82, 2.24) is 15.3 Å². The third-order valence-corrected chi connectivity index (χ3v) is 5.39. The Bertz CT molecular complexity index is 901. The van der Waals surface area contributed by atoms with Gasteiger partial charge >= 0.3 is 0 Å². The van der Waals surface area contributed by atoms with E-state index in [0.717, 1.165) is 34.7 Å². The molecule has 3 heterocycles. The number of benzene rings is 1. The molecule has 0 unspecified atom stereocenters. The third-order valence-electron chi connectivity index (χ3n) is 4.28. The number of hydrogen-bond donors (Lipinski definition) is 1. The molecular formula is C19H20N4O2S. The van der Waals surface area contributed by atoms with Gasteiger partial charge in [-0.2, -0.15) is 0 Å². The summed E-state index contributed by atoms with van der Waals surface area (Å²) < 4.78 is 6.50. The van der Waals surface area contributed by atoms with Crippen LogP contribution >= 0.6 is 11.3 Å². The minimum Gasteiger partial charge on any atom is -0.378 e. The predicted octanol–water partition coefficient (Wildman–Crippen LogP) is 2.77. The van der Waals surface area contributed by atoms with Crippen LogP contribution in [0.1, 0.15) is 21.2 Å². The van der Waals surface area contributed by atoms with Gasteiger partial charge in [-0.3, -0.25) is 4.79 Å². The second-order valence-electron chi connectivity index (χ2n) is 6.21. The largest absolute Gasteiger partial charge is 0.378 e. The maximum absolute atomic E-state index is 12.5. The molecule has 26 heavy (non-hydrogen) atoms. The van der Waals surface area contributed by atoms with Gasteiger partial charge in [-0.1, -0.05) is 18.2 Å². The number of fused-ring (bicyclic) bond motifs is 1. The number of morpholine rings is 1. The van der Waals surface area contributed by atoms with Gasteiger partial charge in [-0.05, 0) is 24.4 Å². The molecule has 1 N–H and O–H groups in total. The molecule has 0 bridgehead atoms. The molecule has 0 atom stereocenters. The first-order valence-electron chi connectivity index (χ1n) is 8.63. The van der Waals surface area contributed by atoms with Gasteiger partial charge in [0.15, 0.2) is 0 Å². The van der Waals surface area contributed by atoms with E-state index in [-0.39, 0.29) is 5.91 Å². The van der Waals surface area contributed by atoms with Crippen molar-refractivity contribution in [2.75, 3.05) is 31.2 Å². The maximum atomic E-state index is 12.5. The second kappa shape index (κ2) is 7.39. The van der Waals surface area contributed by atoms with E-state index in [4.69, 9.17) is 4.74 Å². The Morgan fingerprint density at radius 2 is 2.04 bits per heavy atom. The number of nitrogens with zero attached hydrogens (tertiary/aromatic N) is 3. The van der Waals surface area contributed by atoms with Crippen LogP contribution in [0.4, 0.5) is 5.82 Å². The summed E-state index contributed by atoms with van der Waals surface area (Å²) in [6, 6.07) is 11.9. The third kappa shape index (κ3) is 3.68. The molecule has 1 fully saturated rings. The van der Waals surface area contributed by atoms with Crippen LogP contribution in [0.2, 0.25) is 0 Å². The molecule has 1 aliphatic rings. The number of aryl methyl sites for hydroxylation is 1. The van der Waals surface area contributed by atoms with Crippen LogP contribution in [0.25, 0.3) is 10.1 Å². The average Bonchev–Trinajstić information content (AvgIpc) is 3.11. The fraction of sp³-hybridized carbons (Fsp3) is 0.316. The lowest BCUT2D eigenvalue weighted by atomic mass is 10.2. The van der Waals surface area contributed by atoms with E-state index in [1.807, 2.05) is 43.3 Å². The fourth-order valence-electron chi connectivity index (χ4n) is 2.99. The van der Waals surface area contributed by atoms with E-state index >= 15 is 0 Å². The summed E-state index contributed by atoms with van der Waals surface area (Å²) in [5.74, 6) is 1.43. The van der Waals surface area contributed by atoms with Crippen LogP contribution in [0.3, 0.4) is 0 Å². The Hall–Kier alpha value is -2.51. The monoisotopic (exact) mass is 368 g/mol. The van der Waals surface area contributed by atoms with Gasteiger partial charge in [0.05, 0.1) is 24.6 Å². The molecule has 0 radical (unpaired) electrons. The number of aromatic nitrogens is 2. The van der Waals surface area contributed by atoms with E-state index < -0.39 is 0 Å². The summed E-state index contributed by atoms with van der Waals surface area (Å²) in [5, 5.41) is 4.02. The molecule has 1 aromatic carbocycles. The van der Waals surface area contributed by atoms with Crippen molar-refractivity contribution < 1.29 is 9.53 Å². The van der Waals surface area contributed by atoms with E-state index in [0.29, 0.717) is 30.5 Å². The molecule has 6 nitrogen and oxygen atoms in total. The highest BCUT2D eigenvalue weighted by atomic mass is 32.1. The Morgan fingerprint density at radius 1 is 1.23 bits per heavy atom. The van der Waals surface area contributed by atoms with Crippen LogP contribution in [0, 0.1) is 6.92 Å². The highest BCUT2D eigenvalue weighted by Crippen LogP contribution is 2.25. The molecule has 2 aromatic heterocycles. The predicted molar refractivity (Wildman–Crippen MR) is 103 cm³/mol. The molecule has 1 amide bonds. The van der Waals surface area contributed by atoms with E-state index in [9.17, 15) is 4.79 Å². The highest BCUT2D eigenvalue weighted by molar-refractivity contribution is 7.20. The number of amides is 1. The van der Waals surface area contributed by atoms with E-state index in [1.165, 1.54) is 11.3 Å². The van der Waals surface area contributed by atoms with Crippen molar-refractivity contribution >= 4 is 33.1 Å². The van der Waals surface area contributed by atoms with Crippen molar-refractivity contribution in [3.8, 4) is 0 Å². The molecule has 0 aliphatic carbocycles. The van der Waals surface area contributed by atoms with Gasteiger partial charge < -0.3 is 15.0 Å². The van der Waals surface area contributed by atoms with Crippen molar-refractivity contribution in [3.63, 3.8) is 0 Å². The number of thiophene rings is 1. The molecule has 4 rings (SSSR count). The van der Waals surface area contributed by atoms with Crippen LogP contribution in [-0.4, -0.2) is 42.2 Å². The number of nitrogens with one attached hydrogen (secondary N) is 1. The maximum Gasteiger partial charge on any atom is 0.261 e. The topological polar surface area (TPSA) is 67.3 Å². The van der Waals surface area contributed by atoms with Crippen LogP contribution in [0.15, 0.2) is 36.4 Å². The zero-order valence-corrected chi connectivity index (χ0v) is 15.4. The summed E-state index contributed by atoms with van der Waals surface area (Å²) in [5.41, 5.74) is 0.896. The van der Waals surface area contributed by atoms with Gasteiger partial charge in [0.2, 0.25) is 0 Å². The van der Waals surface area contributed by atoms with Gasteiger partial charge in [-0.25, -0.2) is 9.97 Å². The van der Waals surface area contributed by atoms with Crippen LogP contribution in [-0.2, 0) is 11.3 Å². The minimum absolute atomic E-state index is 0.0933. The first kappa shape index (κ1) is 16.9. The van der Waals surface area contributed by atoms with Crippen molar-refractivity contribution in [3.05, 3.63) is 52.8 Å². The summed E-state index contributed by atoms with van der Waals surface area (Å²) in [6.45, 7) is 5.32. The van der Waals surface area contributed by atoms with Gasteiger partial charge in [-0.15, -0.1) is 11.3 Å². The normalized spacial score (nSPS) is 14.6. The summed E-state index contributed by atoms with van der Waals surface area (Å²) in [7, 11) is 0. The number of hydrogen-bond acceptors (Lipinski definition) is 6. The minimum atomic E-state index is -0.0933. The smallest absolute Gasteiger partial charge is 0.261 e. The SMILES string of the molecule is Cc1cc(N2CCOCC2)nc(CNC(=O)c2cc3ccccc3s2)n1. The fourth-order valence-corrected chi connectivity index (χ4v) is 3.97. The average molecular weight is 368 g/mol. The second-order valence-corrected chi connectivity index (χ2v) is 7.30. The molecule has 0 spiro atoms. The van der Waals surface area contributed by atoms with Crippen molar-refractivity contribution in [2.24, 2.45) is 0 Å². The lowest BCUT2D eigenvalue weighted by Gasteiger charge is -2.28. The Morgan fingerprint density at radius 3 is 2.85 bits per heavy atom. The molecule has 3 aromatic rings. The van der Waals surface area contributed by atoms with Crippen molar-refractivity contribution in [2.45, 2.75) is 13.5 Å². The Kier molecular flexibility index (Phi) is 4.81. The number of carbonyl (C=O) groups excluding carboxylic acids is 1. The molecule has 7 heteroatoms.